The Hall–Kier alpha value is -2.89. The van der Waals surface area contributed by atoms with E-state index in [4.69, 9.17) is 15.2 Å². The Balaban J connectivity index is 1.70. The van der Waals surface area contributed by atoms with Gasteiger partial charge in [0, 0.05) is 30.0 Å². The maximum atomic E-state index is 12.6. The van der Waals surface area contributed by atoms with E-state index in [0.29, 0.717) is 25.4 Å². The van der Waals surface area contributed by atoms with E-state index in [1.807, 2.05) is 17.0 Å². The third-order valence-electron chi connectivity index (χ3n) is 4.98. The van der Waals surface area contributed by atoms with Gasteiger partial charge in [-0.05, 0) is 48.7 Å². The first-order valence-corrected chi connectivity index (χ1v) is 9.85. The van der Waals surface area contributed by atoms with Crippen LogP contribution >= 0.6 is 0 Å². The molecule has 0 aromatic heterocycles. The number of carbonyl (C=O) groups is 1. The number of rotatable bonds is 7. The molecule has 0 unspecified atom stereocenters. The first kappa shape index (κ1) is 19.9. The predicted molar refractivity (Wildman–Crippen MR) is 112 cm³/mol. The van der Waals surface area contributed by atoms with E-state index >= 15 is 0 Å². The van der Waals surface area contributed by atoms with Gasteiger partial charge in [0.15, 0.2) is 11.5 Å². The van der Waals surface area contributed by atoms with E-state index in [9.17, 15) is 4.79 Å². The molecule has 1 heterocycles. The van der Waals surface area contributed by atoms with Crippen molar-refractivity contribution in [2.24, 2.45) is 0 Å². The fourth-order valence-electron chi connectivity index (χ4n) is 3.39. The molecule has 6 heteroatoms. The third kappa shape index (κ3) is 4.68. The maximum absolute atomic E-state index is 12.6. The number of unbranched alkanes of at least 4 members (excludes halogenated alkanes) is 2. The summed E-state index contributed by atoms with van der Waals surface area (Å²) in [6.45, 7) is 4.04. The van der Waals surface area contributed by atoms with Gasteiger partial charge in [0.2, 0.25) is 0 Å². The lowest BCUT2D eigenvalue weighted by Crippen LogP contribution is -2.39. The molecule has 0 bridgehead atoms. The van der Waals surface area contributed by atoms with Crippen LogP contribution in [-0.2, 0) is 13.0 Å². The van der Waals surface area contributed by atoms with Crippen molar-refractivity contribution >= 4 is 17.4 Å². The van der Waals surface area contributed by atoms with Gasteiger partial charge in [-0.25, -0.2) is 4.79 Å². The van der Waals surface area contributed by atoms with Crippen molar-refractivity contribution in [3.05, 3.63) is 47.5 Å². The quantitative estimate of drug-likeness (QED) is 0.547. The van der Waals surface area contributed by atoms with Gasteiger partial charge in [0.1, 0.15) is 0 Å². The number of amides is 2. The number of nitrogens with zero attached hydrogens (tertiary/aromatic N) is 1. The van der Waals surface area contributed by atoms with E-state index in [-0.39, 0.29) is 6.03 Å². The van der Waals surface area contributed by atoms with Crippen molar-refractivity contribution in [2.75, 3.05) is 31.3 Å². The number of nitrogens with two attached hydrogens (primary N) is 1. The molecule has 0 atom stereocenters. The topological polar surface area (TPSA) is 76.8 Å². The third-order valence-corrected chi connectivity index (χ3v) is 4.98. The van der Waals surface area contributed by atoms with Crippen LogP contribution in [0.3, 0.4) is 0 Å². The number of nitrogens with one attached hydrogen (secondary N) is 1. The molecule has 150 valence electrons. The Labute approximate surface area is 166 Å². The number of methoxy groups -OCH3 is 1. The molecule has 0 saturated heterocycles. The van der Waals surface area contributed by atoms with Gasteiger partial charge in [-0.2, -0.15) is 0 Å². The number of nitrogen functional groups attached to an aromatic ring is 1. The van der Waals surface area contributed by atoms with E-state index in [2.05, 4.69) is 12.2 Å². The molecule has 0 spiro atoms. The molecule has 28 heavy (non-hydrogen) atoms. The van der Waals surface area contributed by atoms with Crippen LogP contribution in [0.2, 0.25) is 0 Å². The minimum Gasteiger partial charge on any atom is -0.493 e. The number of ether oxygens (including phenoxy) is 2. The van der Waals surface area contributed by atoms with Crippen LogP contribution in [0, 0.1) is 0 Å². The highest BCUT2D eigenvalue weighted by Gasteiger charge is 2.25. The SMILES string of the molecule is CCCCCOc1c(OC)ccc2c1CCN(C(=O)Nc1ccc(N)cc1)C2. The van der Waals surface area contributed by atoms with Crippen molar-refractivity contribution in [3.8, 4) is 11.5 Å². The fraction of sp³-hybridized carbons (Fsp3) is 0.409. The van der Waals surface area contributed by atoms with Crippen LogP contribution in [-0.4, -0.2) is 31.2 Å². The van der Waals surface area contributed by atoms with Crippen molar-refractivity contribution in [1.29, 1.82) is 0 Å². The van der Waals surface area contributed by atoms with Gasteiger partial charge in [-0.15, -0.1) is 0 Å². The van der Waals surface area contributed by atoms with Crippen molar-refractivity contribution in [1.82, 2.24) is 4.90 Å². The van der Waals surface area contributed by atoms with Gasteiger partial charge in [-0.3, -0.25) is 0 Å². The number of carbonyl (C=O) groups excluding carboxylic acids is 1. The molecule has 0 fully saturated rings. The number of hydrogen-bond donors (Lipinski definition) is 2. The van der Waals surface area contributed by atoms with Crippen LogP contribution in [0.25, 0.3) is 0 Å². The molecule has 2 aromatic rings. The van der Waals surface area contributed by atoms with Crippen molar-refractivity contribution in [3.63, 3.8) is 0 Å². The van der Waals surface area contributed by atoms with Crippen molar-refractivity contribution in [2.45, 2.75) is 39.2 Å². The molecule has 6 nitrogen and oxygen atoms in total. The normalized spacial score (nSPS) is 13.0. The number of fused-ring (bicyclic) bond motifs is 1. The summed E-state index contributed by atoms with van der Waals surface area (Å²) in [6, 6.07) is 11.0. The van der Waals surface area contributed by atoms with E-state index in [1.54, 1.807) is 31.4 Å². The minimum absolute atomic E-state index is 0.114. The first-order chi connectivity index (χ1) is 13.6. The second-order valence-corrected chi connectivity index (χ2v) is 7.01. The molecule has 1 aliphatic heterocycles. The van der Waals surface area contributed by atoms with Gasteiger partial charge < -0.3 is 25.4 Å². The Bertz CT molecular complexity index is 805. The summed E-state index contributed by atoms with van der Waals surface area (Å²) in [6.07, 6.45) is 4.08. The van der Waals surface area contributed by atoms with Crippen molar-refractivity contribution < 1.29 is 14.3 Å². The number of anilines is 2. The number of hydrogen-bond acceptors (Lipinski definition) is 4. The Morgan fingerprint density at radius 1 is 1.18 bits per heavy atom. The molecule has 3 N–H and O–H groups in total. The average molecular weight is 383 g/mol. The molecular weight excluding hydrogens is 354 g/mol. The van der Waals surface area contributed by atoms with Crippen LogP contribution in [0.5, 0.6) is 11.5 Å². The zero-order chi connectivity index (χ0) is 19.9. The molecule has 0 aliphatic carbocycles. The van der Waals surface area contributed by atoms with E-state index in [1.165, 1.54) is 0 Å². The summed E-state index contributed by atoms with van der Waals surface area (Å²) in [5, 5.41) is 2.93. The average Bonchev–Trinajstić information content (AvgIpc) is 2.72. The second kappa shape index (κ2) is 9.35. The first-order valence-electron chi connectivity index (χ1n) is 9.85. The van der Waals surface area contributed by atoms with Crippen LogP contribution in [0.1, 0.15) is 37.3 Å². The largest absolute Gasteiger partial charge is 0.493 e. The van der Waals surface area contributed by atoms with Crippen LogP contribution in [0.15, 0.2) is 36.4 Å². The van der Waals surface area contributed by atoms with E-state index < -0.39 is 0 Å². The lowest BCUT2D eigenvalue weighted by Gasteiger charge is -2.30. The summed E-state index contributed by atoms with van der Waals surface area (Å²) in [5.74, 6) is 1.59. The Morgan fingerprint density at radius 2 is 1.96 bits per heavy atom. The standard InChI is InChI=1S/C22H29N3O3/c1-3-4-5-14-28-21-19-12-13-25(15-16(19)6-11-20(21)27-2)22(26)24-18-9-7-17(23)8-10-18/h6-11H,3-5,12-15,23H2,1-2H3,(H,24,26). The van der Waals surface area contributed by atoms with Gasteiger partial charge in [-0.1, -0.05) is 25.8 Å². The fourth-order valence-corrected chi connectivity index (χ4v) is 3.39. The lowest BCUT2D eigenvalue weighted by molar-refractivity contribution is 0.205. The predicted octanol–water partition coefficient (Wildman–Crippen LogP) is 4.44. The maximum Gasteiger partial charge on any atom is 0.322 e. The van der Waals surface area contributed by atoms with Crippen LogP contribution < -0.4 is 20.5 Å². The summed E-state index contributed by atoms with van der Waals surface area (Å²) in [7, 11) is 1.66. The summed E-state index contributed by atoms with van der Waals surface area (Å²) < 4.78 is 11.6. The highest BCUT2D eigenvalue weighted by atomic mass is 16.5. The summed E-state index contributed by atoms with van der Waals surface area (Å²) in [4.78, 5) is 14.5. The van der Waals surface area contributed by atoms with Gasteiger partial charge in [0.05, 0.1) is 13.7 Å². The Kier molecular flexibility index (Phi) is 6.63. The summed E-state index contributed by atoms with van der Waals surface area (Å²) in [5.41, 5.74) is 9.35. The second-order valence-electron chi connectivity index (χ2n) is 7.01. The minimum atomic E-state index is -0.114. The molecule has 0 saturated carbocycles. The van der Waals surface area contributed by atoms with E-state index in [0.717, 1.165) is 54.0 Å². The monoisotopic (exact) mass is 383 g/mol. The molecule has 1 aliphatic rings. The van der Waals surface area contributed by atoms with Crippen LogP contribution in [0.4, 0.5) is 16.2 Å². The molecule has 0 radical (unpaired) electrons. The lowest BCUT2D eigenvalue weighted by atomic mass is 9.98. The smallest absolute Gasteiger partial charge is 0.322 e. The highest BCUT2D eigenvalue weighted by Crippen LogP contribution is 2.37. The Morgan fingerprint density at radius 3 is 2.68 bits per heavy atom. The zero-order valence-electron chi connectivity index (χ0n) is 16.7. The molecule has 2 amide bonds. The van der Waals surface area contributed by atoms with Gasteiger partial charge in [0.25, 0.3) is 0 Å². The summed E-state index contributed by atoms with van der Waals surface area (Å²) >= 11 is 0. The van der Waals surface area contributed by atoms with Gasteiger partial charge >= 0.3 is 6.03 Å². The number of benzene rings is 2. The molecular formula is C22H29N3O3. The molecule has 2 aromatic carbocycles. The highest BCUT2D eigenvalue weighted by molar-refractivity contribution is 5.89. The zero-order valence-corrected chi connectivity index (χ0v) is 16.7. The number of urea groups is 1. The molecule has 3 rings (SSSR count).